The highest BCUT2D eigenvalue weighted by Gasteiger charge is 2.06. The van der Waals surface area contributed by atoms with E-state index < -0.39 is 0 Å². The number of para-hydroxylation sites is 3. The van der Waals surface area contributed by atoms with Crippen molar-refractivity contribution >= 4 is 16.8 Å². The van der Waals surface area contributed by atoms with E-state index in [0.717, 1.165) is 11.9 Å². The molecular weight excluding hydrogens is 316 g/mol. The molecule has 1 amide bonds. The molecule has 0 atom stereocenters. The van der Waals surface area contributed by atoms with E-state index >= 15 is 0 Å². The molecule has 0 radical (unpaired) electrons. The Bertz CT molecular complexity index is 842. The zero-order valence-electron chi connectivity index (χ0n) is 14.2. The van der Waals surface area contributed by atoms with Gasteiger partial charge in [0.05, 0.1) is 20.1 Å². The molecule has 130 valence electrons. The molecule has 2 N–H and O–H groups in total. The van der Waals surface area contributed by atoms with Crippen molar-refractivity contribution in [3.63, 3.8) is 0 Å². The third-order valence-electron chi connectivity index (χ3n) is 4.05. The molecule has 3 aromatic rings. The number of carbonyl (C=O) groups is 1. The summed E-state index contributed by atoms with van der Waals surface area (Å²) in [5, 5.41) is 4.14. The molecule has 3 rings (SSSR count). The van der Waals surface area contributed by atoms with Crippen LogP contribution < -0.4 is 14.8 Å². The van der Waals surface area contributed by atoms with E-state index in [1.165, 1.54) is 10.9 Å². The fraction of sp³-hybridized carbons (Fsp3) is 0.250. The van der Waals surface area contributed by atoms with Gasteiger partial charge in [-0.2, -0.15) is 0 Å². The van der Waals surface area contributed by atoms with E-state index in [2.05, 4.69) is 16.4 Å². The third-order valence-corrected chi connectivity index (χ3v) is 4.05. The summed E-state index contributed by atoms with van der Waals surface area (Å²) in [4.78, 5) is 15.2. The summed E-state index contributed by atoms with van der Waals surface area (Å²) in [5.41, 5.74) is 2.33. The summed E-state index contributed by atoms with van der Waals surface area (Å²) < 4.78 is 10.8. The van der Waals surface area contributed by atoms with E-state index in [0.29, 0.717) is 31.1 Å². The molecule has 0 bridgehead atoms. The number of carbonyl (C=O) groups excluding carboxylic acids is 1. The molecule has 0 spiro atoms. The van der Waals surface area contributed by atoms with E-state index in [1.807, 2.05) is 48.7 Å². The molecule has 0 unspecified atom stereocenters. The lowest BCUT2D eigenvalue weighted by molar-refractivity contribution is -0.121. The van der Waals surface area contributed by atoms with Crippen LogP contribution in [0, 0.1) is 0 Å². The van der Waals surface area contributed by atoms with Crippen LogP contribution >= 0.6 is 0 Å². The highest BCUT2D eigenvalue weighted by molar-refractivity contribution is 5.83. The van der Waals surface area contributed by atoms with Crippen LogP contribution in [0.25, 0.3) is 10.9 Å². The Morgan fingerprint density at radius 3 is 2.68 bits per heavy atom. The van der Waals surface area contributed by atoms with Gasteiger partial charge in [-0.1, -0.05) is 30.3 Å². The minimum atomic E-state index is -0.0188. The van der Waals surface area contributed by atoms with Crippen LogP contribution in [0.5, 0.6) is 11.5 Å². The SMILES string of the molecule is COc1ccccc1OCCC(=O)NCCc1c[nH]c2ccccc12. The molecule has 0 aliphatic carbocycles. The van der Waals surface area contributed by atoms with Crippen LogP contribution in [0.3, 0.4) is 0 Å². The Hall–Kier alpha value is -2.95. The van der Waals surface area contributed by atoms with E-state index in [1.54, 1.807) is 7.11 Å². The second-order valence-electron chi connectivity index (χ2n) is 5.71. The number of aromatic nitrogens is 1. The van der Waals surface area contributed by atoms with Gasteiger partial charge in [-0.05, 0) is 30.2 Å². The number of benzene rings is 2. The van der Waals surface area contributed by atoms with Crippen molar-refractivity contribution in [1.82, 2.24) is 10.3 Å². The van der Waals surface area contributed by atoms with Gasteiger partial charge in [0.1, 0.15) is 0 Å². The van der Waals surface area contributed by atoms with Crippen molar-refractivity contribution in [3.05, 3.63) is 60.3 Å². The first-order valence-corrected chi connectivity index (χ1v) is 8.35. The van der Waals surface area contributed by atoms with Crippen molar-refractivity contribution in [2.24, 2.45) is 0 Å². The molecule has 5 nitrogen and oxygen atoms in total. The number of methoxy groups -OCH3 is 1. The van der Waals surface area contributed by atoms with Crippen molar-refractivity contribution in [2.45, 2.75) is 12.8 Å². The van der Waals surface area contributed by atoms with Crippen molar-refractivity contribution in [3.8, 4) is 11.5 Å². The lowest BCUT2D eigenvalue weighted by Gasteiger charge is -2.10. The molecule has 1 heterocycles. The van der Waals surface area contributed by atoms with Crippen LogP contribution in [-0.2, 0) is 11.2 Å². The lowest BCUT2D eigenvalue weighted by Crippen LogP contribution is -2.27. The highest BCUT2D eigenvalue weighted by Crippen LogP contribution is 2.25. The van der Waals surface area contributed by atoms with E-state index in [9.17, 15) is 4.79 Å². The smallest absolute Gasteiger partial charge is 0.223 e. The van der Waals surface area contributed by atoms with Crippen LogP contribution in [0.2, 0.25) is 0 Å². The maximum absolute atomic E-state index is 11.9. The second kappa shape index (κ2) is 8.24. The summed E-state index contributed by atoms with van der Waals surface area (Å²) in [6.07, 6.45) is 3.11. The summed E-state index contributed by atoms with van der Waals surface area (Å²) in [7, 11) is 1.60. The Kier molecular flexibility index (Phi) is 5.57. The Morgan fingerprint density at radius 2 is 1.84 bits per heavy atom. The maximum Gasteiger partial charge on any atom is 0.223 e. The monoisotopic (exact) mass is 338 g/mol. The number of fused-ring (bicyclic) bond motifs is 1. The summed E-state index contributed by atoms with van der Waals surface area (Å²) in [6.45, 7) is 0.925. The predicted molar refractivity (Wildman–Crippen MR) is 98.1 cm³/mol. The zero-order valence-corrected chi connectivity index (χ0v) is 14.2. The molecule has 0 fully saturated rings. The fourth-order valence-electron chi connectivity index (χ4n) is 2.76. The number of hydrogen-bond donors (Lipinski definition) is 2. The Morgan fingerprint density at radius 1 is 1.08 bits per heavy atom. The first-order valence-electron chi connectivity index (χ1n) is 8.35. The molecule has 5 heteroatoms. The molecule has 0 saturated heterocycles. The van der Waals surface area contributed by atoms with Crippen LogP contribution in [0.4, 0.5) is 0 Å². The first kappa shape index (κ1) is 16.9. The quantitative estimate of drug-likeness (QED) is 0.662. The van der Waals surface area contributed by atoms with Crippen LogP contribution in [0.1, 0.15) is 12.0 Å². The Labute approximate surface area is 147 Å². The number of amides is 1. The number of nitrogens with one attached hydrogen (secondary N) is 2. The molecule has 0 aliphatic heterocycles. The predicted octanol–water partition coefficient (Wildman–Crippen LogP) is 3.30. The van der Waals surface area contributed by atoms with Crippen molar-refractivity contribution in [1.29, 1.82) is 0 Å². The zero-order chi connectivity index (χ0) is 17.5. The molecule has 1 aromatic heterocycles. The Balaban J connectivity index is 1.41. The van der Waals surface area contributed by atoms with Crippen molar-refractivity contribution < 1.29 is 14.3 Å². The van der Waals surface area contributed by atoms with E-state index in [4.69, 9.17) is 9.47 Å². The average molecular weight is 338 g/mol. The normalized spacial score (nSPS) is 10.6. The minimum absolute atomic E-state index is 0.0188. The molecular formula is C20H22N2O3. The van der Waals surface area contributed by atoms with Gasteiger partial charge < -0.3 is 19.8 Å². The van der Waals surface area contributed by atoms with Gasteiger partial charge >= 0.3 is 0 Å². The molecule has 25 heavy (non-hydrogen) atoms. The van der Waals surface area contributed by atoms with Gasteiger partial charge in [-0.3, -0.25) is 4.79 Å². The van der Waals surface area contributed by atoms with Crippen LogP contribution in [0.15, 0.2) is 54.7 Å². The van der Waals surface area contributed by atoms with Crippen LogP contribution in [-0.4, -0.2) is 31.2 Å². The van der Waals surface area contributed by atoms with Crippen molar-refractivity contribution in [2.75, 3.05) is 20.3 Å². The first-order chi connectivity index (χ1) is 12.3. The molecule has 2 aromatic carbocycles. The lowest BCUT2D eigenvalue weighted by atomic mass is 10.1. The standard InChI is InChI=1S/C20H22N2O3/c1-24-18-8-4-5-9-19(18)25-13-11-20(23)21-12-10-15-14-22-17-7-3-2-6-16(15)17/h2-9,14,22H,10-13H2,1H3,(H,21,23). The summed E-state index contributed by atoms with van der Waals surface area (Å²) in [6, 6.07) is 15.6. The average Bonchev–Trinajstić information content (AvgIpc) is 3.05. The number of rotatable bonds is 8. The fourth-order valence-corrected chi connectivity index (χ4v) is 2.76. The molecule has 0 aliphatic rings. The molecule has 0 saturated carbocycles. The maximum atomic E-state index is 11.9. The summed E-state index contributed by atoms with van der Waals surface area (Å²) in [5.74, 6) is 1.30. The second-order valence-corrected chi connectivity index (χ2v) is 5.71. The van der Waals surface area contributed by atoms with Gasteiger partial charge in [0.25, 0.3) is 0 Å². The number of aromatic amines is 1. The topological polar surface area (TPSA) is 63.4 Å². The third kappa shape index (κ3) is 4.32. The number of hydrogen-bond acceptors (Lipinski definition) is 3. The number of H-pyrrole nitrogens is 1. The summed E-state index contributed by atoms with van der Waals surface area (Å²) >= 11 is 0. The van der Waals surface area contributed by atoms with Gasteiger partial charge in [0.2, 0.25) is 5.91 Å². The van der Waals surface area contributed by atoms with Gasteiger partial charge in [-0.15, -0.1) is 0 Å². The van der Waals surface area contributed by atoms with Gasteiger partial charge in [-0.25, -0.2) is 0 Å². The van der Waals surface area contributed by atoms with E-state index in [-0.39, 0.29) is 5.91 Å². The van der Waals surface area contributed by atoms with Gasteiger partial charge in [0, 0.05) is 23.6 Å². The number of ether oxygens (including phenoxy) is 2. The minimum Gasteiger partial charge on any atom is -0.493 e. The largest absolute Gasteiger partial charge is 0.493 e. The highest BCUT2D eigenvalue weighted by atomic mass is 16.5. The van der Waals surface area contributed by atoms with Gasteiger partial charge in [0.15, 0.2) is 11.5 Å².